The Bertz CT molecular complexity index is 332. The molecule has 0 aliphatic carbocycles. The molecule has 0 aromatic rings. The standard InChI is InChI=1S/C13H23N3O2/c1-9-4-3-5-14-11(9)8-12(17)16-7-6-15-13(18)10(16)2/h9-11,14H,3-8H2,1-2H3,(H,15,18). The van der Waals surface area contributed by atoms with E-state index in [2.05, 4.69) is 17.6 Å². The van der Waals surface area contributed by atoms with Crippen LogP contribution in [0.4, 0.5) is 0 Å². The fourth-order valence-corrected chi connectivity index (χ4v) is 2.82. The van der Waals surface area contributed by atoms with Crippen LogP contribution in [0.3, 0.4) is 0 Å². The number of amides is 2. The molecule has 2 fully saturated rings. The molecule has 3 unspecified atom stereocenters. The highest BCUT2D eigenvalue weighted by molar-refractivity contribution is 5.88. The zero-order chi connectivity index (χ0) is 13.1. The van der Waals surface area contributed by atoms with Crippen LogP contribution in [0, 0.1) is 5.92 Å². The van der Waals surface area contributed by atoms with Crippen LogP contribution in [0.5, 0.6) is 0 Å². The van der Waals surface area contributed by atoms with Gasteiger partial charge in [0.15, 0.2) is 0 Å². The van der Waals surface area contributed by atoms with Gasteiger partial charge in [0.25, 0.3) is 0 Å². The lowest BCUT2D eigenvalue weighted by molar-refractivity contribution is -0.143. The summed E-state index contributed by atoms with van der Waals surface area (Å²) in [5.74, 6) is 0.597. The molecule has 0 saturated carbocycles. The second-order valence-electron chi connectivity index (χ2n) is 5.44. The average molecular weight is 253 g/mol. The van der Waals surface area contributed by atoms with Crippen molar-refractivity contribution in [1.82, 2.24) is 15.5 Å². The molecular weight excluding hydrogens is 230 g/mol. The molecule has 18 heavy (non-hydrogen) atoms. The second kappa shape index (κ2) is 5.69. The zero-order valence-corrected chi connectivity index (χ0v) is 11.2. The van der Waals surface area contributed by atoms with Gasteiger partial charge in [-0.05, 0) is 32.2 Å². The number of hydrogen-bond acceptors (Lipinski definition) is 3. The maximum Gasteiger partial charge on any atom is 0.242 e. The predicted octanol–water partition coefficient (Wildman–Crippen LogP) is 0.112. The molecule has 2 N–H and O–H groups in total. The average Bonchev–Trinajstić information content (AvgIpc) is 2.35. The minimum Gasteiger partial charge on any atom is -0.353 e. The van der Waals surface area contributed by atoms with Crippen LogP contribution >= 0.6 is 0 Å². The van der Waals surface area contributed by atoms with E-state index in [1.165, 1.54) is 12.8 Å². The van der Waals surface area contributed by atoms with E-state index in [-0.39, 0.29) is 23.9 Å². The van der Waals surface area contributed by atoms with Gasteiger partial charge in [0.1, 0.15) is 6.04 Å². The minimum atomic E-state index is -0.329. The number of piperazine rings is 1. The van der Waals surface area contributed by atoms with Gasteiger partial charge < -0.3 is 15.5 Å². The van der Waals surface area contributed by atoms with Gasteiger partial charge in [-0.15, -0.1) is 0 Å². The van der Waals surface area contributed by atoms with Crippen molar-refractivity contribution in [3.8, 4) is 0 Å². The van der Waals surface area contributed by atoms with Crippen molar-refractivity contribution in [2.45, 2.75) is 45.2 Å². The Morgan fingerprint density at radius 2 is 2.17 bits per heavy atom. The third-order valence-corrected chi connectivity index (χ3v) is 4.14. The lowest BCUT2D eigenvalue weighted by atomic mass is 9.90. The number of nitrogens with zero attached hydrogens (tertiary/aromatic N) is 1. The Morgan fingerprint density at radius 1 is 1.39 bits per heavy atom. The van der Waals surface area contributed by atoms with Crippen LogP contribution < -0.4 is 10.6 Å². The van der Waals surface area contributed by atoms with Crippen LogP contribution in [0.2, 0.25) is 0 Å². The minimum absolute atomic E-state index is 0.0424. The summed E-state index contributed by atoms with van der Waals surface area (Å²) in [6, 6.07) is -0.0615. The van der Waals surface area contributed by atoms with Crippen molar-refractivity contribution < 1.29 is 9.59 Å². The number of nitrogens with one attached hydrogen (secondary N) is 2. The molecule has 3 atom stereocenters. The molecule has 102 valence electrons. The van der Waals surface area contributed by atoms with Gasteiger partial charge in [0, 0.05) is 25.6 Å². The largest absolute Gasteiger partial charge is 0.353 e. The van der Waals surface area contributed by atoms with Crippen LogP contribution in [-0.2, 0) is 9.59 Å². The fraction of sp³-hybridized carbons (Fsp3) is 0.846. The molecule has 0 bridgehead atoms. The van der Waals surface area contributed by atoms with Crippen LogP contribution in [0.25, 0.3) is 0 Å². The Hall–Kier alpha value is -1.10. The van der Waals surface area contributed by atoms with Crippen molar-refractivity contribution >= 4 is 11.8 Å². The van der Waals surface area contributed by atoms with Gasteiger partial charge in [-0.25, -0.2) is 0 Å². The summed E-state index contributed by atoms with van der Waals surface area (Å²) >= 11 is 0. The lowest BCUT2D eigenvalue weighted by Gasteiger charge is -2.36. The number of rotatable bonds is 2. The van der Waals surface area contributed by atoms with Crippen molar-refractivity contribution in [3.63, 3.8) is 0 Å². The zero-order valence-electron chi connectivity index (χ0n) is 11.2. The first-order chi connectivity index (χ1) is 8.59. The Balaban J connectivity index is 1.92. The van der Waals surface area contributed by atoms with Crippen molar-refractivity contribution in [3.05, 3.63) is 0 Å². The van der Waals surface area contributed by atoms with E-state index in [4.69, 9.17) is 0 Å². The molecule has 2 rings (SSSR count). The fourth-order valence-electron chi connectivity index (χ4n) is 2.82. The molecule has 2 aliphatic heterocycles. The molecule has 0 aromatic carbocycles. The summed E-state index contributed by atoms with van der Waals surface area (Å²) in [6.45, 7) is 6.19. The first-order valence-electron chi connectivity index (χ1n) is 6.90. The van der Waals surface area contributed by atoms with Gasteiger partial charge in [0.05, 0.1) is 0 Å². The van der Waals surface area contributed by atoms with E-state index >= 15 is 0 Å². The van der Waals surface area contributed by atoms with E-state index in [9.17, 15) is 9.59 Å². The molecule has 0 radical (unpaired) electrons. The van der Waals surface area contributed by atoms with Gasteiger partial charge in [0.2, 0.25) is 11.8 Å². The molecule has 2 saturated heterocycles. The Labute approximate surface area is 108 Å². The number of hydrogen-bond donors (Lipinski definition) is 2. The molecule has 2 amide bonds. The normalized spacial score (nSPS) is 33.1. The van der Waals surface area contributed by atoms with Crippen LogP contribution in [-0.4, -0.2) is 48.4 Å². The molecular formula is C13H23N3O2. The third-order valence-electron chi connectivity index (χ3n) is 4.14. The number of carbonyl (C=O) groups is 2. The number of carbonyl (C=O) groups excluding carboxylic acids is 2. The highest BCUT2D eigenvalue weighted by atomic mass is 16.2. The van der Waals surface area contributed by atoms with Gasteiger partial charge in [-0.2, -0.15) is 0 Å². The van der Waals surface area contributed by atoms with Gasteiger partial charge in [-0.3, -0.25) is 9.59 Å². The summed E-state index contributed by atoms with van der Waals surface area (Å²) in [5, 5.41) is 6.20. The lowest BCUT2D eigenvalue weighted by Crippen LogP contribution is -2.57. The monoisotopic (exact) mass is 253 g/mol. The quantitative estimate of drug-likeness (QED) is 0.734. The Kier molecular flexibility index (Phi) is 4.22. The van der Waals surface area contributed by atoms with Gasteiger partial charge in [-0.1, -0.05) is 6.92 Å². The summed E-state index contributed by atoms with van der Waals surface area (Å²) in [6.07, 6.45) is 2.88. The summed E-state index contributed by atoms with van der Waals surface area (Å²) in [4.78, 5) is 25.5. The molecule has 5 nitrogen and oxygen atoms in total. The molecule has 0 aromatic heterocycles. The second-order valence-corrected chi connectivity index (χ2v) is 5.44. The SMILES string of the molecule is CC1CCCNC1CC(=O)N1CCNC(=O)C1C. The first-order valence-corrected chi connectivity index (χ1v) is 6.90. The summed E-state index contributed by atoms with van der Waals surface area (Å²) in [7, 11) is 0. The van der Waals surface area contributed by atoms with E-state index in [1.807, 2.05) is 0 Å². The van der Waals surface area contributed by atoms with Crippen molar-refractivity contribution in [1.29, 1.82) is 0 Å². The predicted molar refractivity (Wildman–Crippen MR) is 69.0 cm³/mol. The van der Waals surface area contributed by atoms with Crippen molar-refractivity contribution in [2.24, 2.45) is 5.92 Å². The first kappa shape index (κ1) is 13.3. The Morgan fingerprint density at radius 3 is 2.89 bits per heavy atom. The molecule has 2 heterocycles. The maximum atomic E-state index is 12.3. The third kappa shape index (κ3) is 2.83. The molecule has 2 aliphatic rings. The van der Waals surface area contributed by atoms with E-state index in [0.717, 1.165) is 6.54 Å². The number of piperidine rings is 1. The smallest absolute Gasteiger partial charge is 0.242 e. The highest BCUT2D eigenvalue weighted by Gasteiger charge is 2.32. The molecule has 0 spiro atoms. The molecule has 5 heteroatoms. The highest BCUT2D eigenvalue weighted by Crippen LogP contribution is 2.19. The van der Waals surface area contributed by atoms with E-state index in [0.29, 0.717) is 25.4 Å². The summed E-state index contributed by atoms with van der Waals surface area (Å²) in [5.41, 5.74) is 0. The van der Waals surface area contributed by atoms with Crippen LogP contribution in [0.1, 0.15) is 33.1 Å². The summed E-state index contributed by atoms with van der Waals surface area (Å²) < 4.78 is 0. The topological polar surface area (TPSA) is 61.4 Å². The van der Waals surface area contributed by atoms with Crippen LogP contribution in [0.15, 0.2) is 0 Å². The van der Waals surface area contributed by atoms with Gasteiger partial charge >= 0.3 is 0 Å². The van der Waals surface area contributed by atoms with Crippen molar-refractivity contribution in [2.75, 3.05) is 19.6 Å². The van der Waals surface area contributed by atoms with E-state index in [1.54, 1.807) is 11.8 Å². The van der Waals surface area contributed by atoms with E-state index < -0.39 is 0 Å². The maximum absolute atomic E-state index is 12.3.